The van der Waals surface area contributed by atoms with Crippen LogP contribution in [0.25, 0.3) is 0 Å². The van der Waals surface area contributed by atoms with Gasteiger partial charge in [0.25, 0.3) is 0 Å². The fourth-order valence-corrected chi connectivity index (χ4v) is 2.63. The topological polar surface area (TPSA) is 37.0 Å². The third-order valence-electron chi connectivity index (χ3n) is 3.18. The second-order valence-corrected chi connectivity index (χ2v) is 5.53. The Morgan fingerprint density at radius 3 is 2.67 bits per heavy atom. The normalized spacial score (nSPS) is 21.8. The number of rotatable bonds is 6. The third-order valence-corrected chi connectivity index (χ3v) is 3.75. The van der Waals surface area contributed by atoms with E-state index in [2.05, 4.69) is 22.5 Å². The van der Waals surface area contributed by atoms with E-state index in [1.165, 1.54) is 19.3 Å². The standard InChI is InChI=1S/C13H19Cl2N3/c1-3-5-8-6-11(8)17-13-10(15)7-9(14)12(18-13)16-4-2/h7-8,11H,3-6H2,1-2H3,(H2,16,17,18). The van der Waals surface area contributed by atoms with Crippen molar-refractivity contribution in [3.05, 3.63) is 16.1 Å². The van der Waals surface area contributed by atoms with Gasteiger partial charge in [-0.15, -0.1) is 0 Å². The van der Waals surface area contributed by atoms with Crippen LogP contribution in [-0.4, -0.2) is 17.6 Å². The van der Waals surface area contributed by atoms with Crippen LogP contribution >= 0.6 is 23.2 Å². The predicted molar refractivity (Wildman–Crippen MR) is 78.8 cm³/mol. The van der Waals surface area contributed by atoms with Crippen molar-refractivity contribution in [2.75, 3.05) is 17.2 Å². The summed E-state index contributed by atoms with van der Waals surface area (Å²) in [5.74, 6) is 2.20. The zero-order valence-electron chi connectivity index (χ0n) is 10.8. The Balaban J connectivity index is 2.06. The summed E-state index contributed by atoms with van der Waals surface area (Å²) in [6.45, 7) is 5.01. The summed E-state index contributed by atoms with van der Waals surface area (Å²) in [6, 6.07) is 2.26. The third kappa shape index (κ3) is 3.21. The highest BCUT2D eigenvalue weighted by atomic mass is 35.5. The van der Waals surface area contributed by atoms with Crippen molar-refractivity contribution in [1.82, 2.24) is 4.98 Å². The molecule has 1 aliphatic rings. The van der Waals surface area contributed by atoms with Crippen molar-refractivity contribution in [3.8, 4) is 0 Å². The Morgan fingerprint density at radius 2 is 2.00 bits per heavy atom. The molecule has 100 valence electrons. The van der Waals surface area contributed by atoms with Crippen molar-refractivity contribution in [1.29, 1.82) is 0 Å². The molecule has 0 radical (unpaired) electrons. The molecule has 1 fully saturated rings. The molecule has 0 amide bonds. The quantitative estimate of drug-likeness (QED) is 0.813. The van der Waals surface area contributed by atoms with Crippen molar-refractivity contribution < 1.29 is 0 Å². The molecular weight excluding hydrogens is 269 g/mol. The van der Waals surface area contributed by atoms with E-state index in [0.29, 0.717) is 21.9 Å². The summed E-state index contributed by atoms with van der Waals surface area (Å²) in [5.41, 5.74) is 0. The lowest BCUT2D eigenvalue weighted by molar-refractivity contribution is 0.692. The van der Waals surface area contributed by atoms with Crippen LogP contribution in [0.15, 0.2) is 6.07 Å². The predicted octanol–water partition coefficient (Wildman–Crippen LogP) is 4.42. The number of nitrogens with one attached hydrogen (secondary N) is 2. The average molecular weight is 288 g/mol. The van der Waals surface area contributed by atoms with Crippen LogP contribution in [0.3, 0.4) is 0 Å². The van der Waals surface area contributed by atoms with E-state index >= 15 is 0 Å². The lowest BCUT2D eigenvalue weighted by Gasteiger charge is -2.11. The second kappa shape index (κ2) is 5.98. The van der Waals surface area contributed by atoms with Gasteiger partial charge in [-0.1, -0.05) is 36.5 Å². The molecule has 0 aliphatic heterocycles. The Kier molecular flexibility index (Phi) is 4.57. The zero-order valence-corrected chi connectivity index (χ0v) is 12.3. The molecule has 18 heavy (non-hydrogen) atoms. The maximum absolute atomic E-state index is 6.16. The van der Waals surface area contributed by atoms with Crippen molar-refractivity contribution in [2.45, 2.75) is 39.2 Å². The van der Waals surface area contributed by atoms with Crippen molar-refractivity contribution in [3.63, 3.8) is 0 Å². The molecule has 1 aliphatic carbocycles. The summed E-state index contributed by atoms with van der Waals surface area (Å²) >= 11 is 12.2. The maximum atomic E-state index is 6.16. The van der Waals surface area contributed by atoms with Gasteiger partial charge in [0.15, 0.2) is 0 Å². The molecule has 0 bridgehead atoms. The zero-order chi connectivity index (χ0) is 13.1. The van der Waals surface area contributed by atoms with E-state index in [1.807, 2.05) is 6.92 Å². The molecule has 0 saturated heterocycles. The monoisotopic (exact) mass is 287 g/mol. The minimum Gasteiger partial charge on any atom is -0.369 e. The van der Waals surface area contributed by atoms with Crippen LogP contribution in [0, 0.1) is 5.92 Å². The SMILES string of the molecule is CCCC1CC1Nc1nc(NCC)c(Cl)cc1Cl. The first-order valence-corrected chi connectivity index (χ1v) is 7.27. The van der Waals surface area contributed by atoms with Gasteiger partial charge in [0.1, 0.15) is 11.6 Å². The molecule has 2 unspecified atom stereocenters. The van der Waals surface area contributed by atoms with E-state index in [1.54, 1.807) is 6.07 Å². The first-order valence-electron chi connectivity index (χ1n) is 6.52. The van der Waals surface area contributed by atoms with Crippen LogP contribution in [-0.2, 0) is 0 Å². The van der Waals surface area contributed by atoms with E-state index < -0.39 is 0 Å². The highest BCUT2D eigenvalue weighted by Crippen LogP contribution is 2.39. The first-order chi connectivity index (χ1) is 8.65. The number of hydrogen-bond donors (Lipinski definition) is 2. The van der Waals surface area contributed by atoms with E-state index in [9.17, 15) is 0 Å². The van der Waals surface area contributed by atoms with Gasteiger partial charge < -0.3 is 10.6 Å². The van der Waals surface area contributed by atoms with Gasteiger partial charge in [0.2, 0.25) is 0 Å². The highest BCUT2D eigenvalue weighted by Gasteiger charge is 2.36. The molecule has 1 saturated carbocycles. The Hall–Kier alpha value is -0.670. The van der Waals surface area contributed by atoms with Crippen LogP contribution < -0.4 is 10.6 Å². The number of pyridine rings is 1. The number of aromatic nitrogens is 1. The lowest BCUT2D eigenvalue weighted by atomic mass is 10.2. The van der Waals surface area contributed by atoms with Gasteiger partial charge >= 0.3 is 0 Å². The fourth-order valence-electron chi connectivity index (χ4n) is 2.15. The summed E-state index contributed by atoms with van der Waals surface area (Å²) in [6.07, 6.45) is 3.71. The van der Waals surface area contributed by atoms with E-state index in [4.69, 9.17) is 23.2 Å². The van der Waals surface area contributed by atoms with Crippen LogP contribution in [0.4, 0.5) is 11.6 Å². The van der Waals surface area contributed by atoms with Crippen LogP contribution in [0.5, 0.6) is 0 Å². The summed E-state index contributed by atoms with van der Waals surface area (Å²) in [7, 11) is 0. The number of halogens is 2. The number of hydrogen-bond acceptors (Lipinski definition) is 3. The van der Waals surface area contributed by atoms with Gasteiger partial charge in [-0.05, 0) is 31.7 Å². The minimum atomic E-state index is 0.519. The molecule has 2 rings (SSSR count). The molecule has 1 heterocycles. The second-order valence-electron chi connectivity index (χ2n) is 4.71. The van der Waals surface area contributed by atoms with Gasteiger partial charge in [-0.25, -0.2) is 4.98 Å². The van der Waals surface area contributed by atoms with Gasteiger partial charge in [0.05, 0.1) is 10.0 Å². The summed E-state index contributed by atoms with van der Waals surface area (Å²) in [5, 5.41) is 7.69. The Morgan fingerprint density at radius 1 is 1.28 bits per heavy atom. The molecule has 0 spiro atoms. The molecule has 1 aromatic rings. The maximum Gasteiger partial charge on any atom is 0.147 e. The van der Waals surface area contributed by atoms with Crippen LogP contribution in [0.2, 0.25) is 10.0 Å². The van der Waals surface area contributed by atoms with E-state index in [-0.39, 0.29) is 0 Å². The lowest BCUT2D eigenvalue weighted by Crippen LogP contribution is -2.09. The molecule has 2 N–H and O–H groups in total. The molecule has 5 heteroatoms. The summed E-state index contributed by atoms with van der Waals surface area (Å²) < 4.78 is 0. The molecular formula is C13H19Cl2N3. The van der Waals surface area contributed by atoms with Gasteiger partial charge in [-0.2, -0.15) is 0 Å². The van der Waals surface area contributed by atoms with Gasteiger partial charge in [0, 0.05) is 12.6 Å². The van der Waals surface area contributed by atoms with Crippen molar-refractivity contribution >= 4 is 34.8 Å². The molecule has 1 aromatic heterocycles. The molecule has 3 nitrogen and oxygen atoms in total. The number of nitrogens with zero attached hydrogens (tertiary/aromatic N) is 1. The minimum absolute atomic E-state index is 0.519. The molecule has 0 aromatic carbocycles. The van der Waals surface area contributed by atoms with Crippen molar-refractivity contribution in [2.24, 2.45) is 5.92 Å². The highest BCUT2D eigenvalue weighted by molar-refractivity contribution is 6.37. The number of anilines is 2. The average Bonchev–Trinajstić information content (AvgIpc) is 3.04. The smallest absolute Gasteiger partial charge is 0.147 e. The largest absolute Gasteiger partial charge is 0.369 e. The summed E-state index contributed by atoms with van der Waals surface area (Å²) in [4.78, 5) is 4.45. The van der Waals surface area contributed by atoms with E-state index in [0.717, 1.165) is 18.3 Å². The van der Waals surface area contributed by atoms with Crippen LogP contribution in [0.1, 0.15) is 33.1 Å². The molecule has 2 atom stereocenters. The van der Waals surface area contributed by atoms with Gasteiger partial charge in [-0.3, -0.25) is 0 Å². The first kappa shape index (κ1) is 13.8. The Labute approximate surface area is 118 Å². The fraction of sp³-hybridized carbons (Fsp3) is 0.615. The Bertz CT molecular complexity index is 423.